The number of aromatic nitrogens is 2. The summed E-state index contributed by atoms with van der Waals surface area (Å²) >= 11 is 0. The second-order valence-corrected chi connectivity index (χ2v) is 6.38. The maximum absolute atomic E-state index is 12.6. The number of aryl methyl sites for hydroxylation is 1. The van der Waals surface area contributed by atoms with Crippen molar-refractivity contribution in [3.8, 4) is 0 Å². The lowest BCUT2D eigenvalue weighted by atomic mass is 9.96. The molecule has 0 saturated heterocycles. The Bertz CT molecular complexity index is 671. The van der Waals surface area contributed by atoms with Gasteiger partial charge in [0.05, 0.1) is 6.26 Å². The van der Waals surface area contributed by atoms with E-state index in [0.717, 1.165) is 37.9 Å². The van der Waals surface area contributed by atoms with Crippen LogP contribution in [0, 0.1) is 12.8 Å². The van der Waals surface area contributed by atoms with E-state index in [9.17, 15) is 4.79 Å². The van der Waals surface area contributed by atoms with Crippen LogP contribution >= 0.6 is 0 Å². The molecule has 4 rings (SSSR count). The predicted octanol–water partition coefficient (Wildman–Crippen LogP) is 2.66. The average molecular weight is 301 g/mol. The van der Waals surface area contributed by atoms with E-state index in [-0.39, 0.29) is 17.7 Å². The largest absolute Gasteiger partial charge is 0.469 e. The first-order valence-electron chi connectivity index (χ1n) is 7.84. The van der Waals surface area contributed by atoms with Gasteiger partial charge in [-0.2, -0.15) is 4.98 Å². The number of nitrogens with one attached hydrogen (secondary N) is 1. The molecule has 1 N–H and O–H groups in total. The zero-order valence-corrected chi connectivity index (χ0v) is 12.5. The van der Waals surface area contributed by atoms with E-state index in [2.05, 4.69) is 15.5 Å². The van der Waals surface area contributed by atoms with Crippen LogP contribution in [0.1, 0.15) is 55.5 Å². The predicted molar refractivity (Wildman–Crippen MR) is 76.9 cm³/mol. The fourth-order valence-corrected chi connectivity index (χ4v) is 3.51. The molecular weight excluding hydrogens is 282 g/mol. The molecule has 2 heterocycles. The van der Waals surface area contributed by atoms with Crippen LogP contribution in [-0.4, -0.2) is 16.0 Å². The maximum Gasteiger partial charge on any atom is 0.224 e. The van der Waals surface area contributed by atoms with Gasteiger partial charge in [0.25, 0.3) is 0 Å². The zero-order valence-electron chi connectivity index (χ0n) is 12.5. The van der Waals surface area contributed by atoms with Crippen LogP contribution in [0.3, 0.4) is 0 Å². The van der Waals surface area contributed by atoms with Crippen molar-refractivity contribution in [2.24, 2.45) is 5.92 Å². The van der Waals surface area contributed by atoms with Crippen LogP contribution in [0.5, 0.6) is 0 Å². The third kappa shape index (κ3) is 2.23. The summed E-state index contributed by atoms with van der Waals surface area (Å²) in [6.07, 6.45) is 6.38. The molecule has 6 heteroatoms. The lowest BCUT2D eigenvalue weighted by Gasteiger charge is -2.26. The van der Waals surface area contributed by atoms with Crippen molar-refractivity contribution < 1.29 is 13.7 Å². The standard InChI is InChI=1S/C16H19N3O3/c1-10-17-15(19-22-10)16(6-2-3-7-16)18-14(20)12-9-11(12)13-5-4-8-21-13/h4-5,8,11-12H,2-3,6-7,9H2,1H3,(H,18,20)/t11-,12-/m1/s1. The highest BCUT2D eigenvalue weighted by Gasteiger charge is 2.49. The van der Waals surface area contributed by atoms with Gasteiger partial charge in [-0.25, -0.2) is 0 Å². The van der Waals surface area contributed by atoms with Crippen LogP contribution < -0.4 is 5.32 Å². The van der Waals surface area contributed by atoms with Gasteiger partial charge in [0.2, 0.25) is 11.8 Å². The van der Waals surface area contributed by atoms with Crippen LogP contribution in [-0.2, 0) is 10.3 Å². The summed E-state index contributed by atoms with van der Waals surface area (Å²) < 4.78 is 10.5. The SMILES string of the molecule is Cc1nc(C2(NC(=O)[C@@H]3C[C@H]3c3ccco3)CCCC2)no1. The summed E-state index contributed by atoms with van der Waals surface area (Å²) in [5.41, 5.74) is -0.453. The maximum atomic E-state index is 12.6. The van der Waals surface area contributed by atoms with Crippen LogP contribution in [0.15, 0.2) is 27.3 Å². The van der Waals surface area contributed by atoms with Crippen molar-refractivity contribution in [3.05, 3.63) is 35.9 Å². The third-order valence-corrected chi connectivity index (χ3v) is 4.81. The van der Waals surface area contributed by atoms with Gasteiger partial charge in [-0.05, 0) is 31.4 Å². The minimum Gasteiger partial charge on any atom is -0.469 e. The minimum absolute atomic E-state index is 0.00313. The highest BCUT2D eigenvalue weighted by atomic mass is 16.5. The Labute approximate surface area is 128 Å². The summed E-state index contributed by atoms with van der Waals surface area (Å²) in [6, 6.07) is 3.80. The molecule has 2 fully saturated rings. The molecule has 22 heavy (non-hydrogen) atoms. The molecule has 2 saturated carbocycles. The average Bonchev–Trinajstić information content (AvgIpc) is 2.96. The number of amides is 1. The van der Waals surface area contributed by atoms with Gasteiger partial charge in [0, 0.05) is 18.8 Å². The Morgan fingerprint density at radius 1 is 1.41 bits per heavy atom. The van der Waals surface area contributed by atoms with Gasteiger partial charge in [-0.3, -0.25) is 4.79 Å². The van der Waals surface area contributed by atoms with Gasteiger partial charge in [-0.1, -0.05) is 18.0 Å². The van der Waals surface area contributed by atoms with E-state index >= 15 is 0 Å². The van der Waals surface area contributed by atoms with E-state index < -0.39 is 5.54 Å². The number of nitrogens with zero attached hydrogens (tertiary/aromatic N) is 2. The first kappa shape index (κ1) is 13.5. The van der Waals surface area contributed by atoms with Crippen molar-refractivity contribution in [3.63, 3.8) is 0 Å². The molecule has 6 nitrogen and oxygen atoms in total. The fourth-order valence-electron chi connectivity index (χ4n) is 3.51. The van der Waals surface area contributed by atoms with E-state index in [0.29, 0.717) is 11.7 Å². The smallest absolute Gasteiger partial charge is 0.224 e. The van der Waals surface area contributed by atoms with Crippen LogP contribution in [0.25, 0.3) is 0 Å². The Kier molecular flexibility index (Phi) is 3.06. The Morgan fingerprint density at radius 3 is 2.86 bits per heavy atom. The Balaban J connectivity index is 1.50. The molecule has 0 aliphatic heterocycles. The molecule has 1 amide bonds. The molecule has 0 bridgehead atoms. The quantitative estimate of drug-likeness (QED) is 0.939. The monoisotopic (exact) mass is 301 g/mol. The van der Waals surface area contributed by atoms with Crippen LogP contribution in [0.4, 0.5) is 0 Å². The van der Waals surface area contributed by atoms with Gasteiger partial charge < -0.3 is 14.3 Å². The molecule has 116 valence electrons. The summed E-state index contributed by atoms with van der Waals surface area (Å²) in [4.78, 5) is 17.0. The molecule has 2 aromatic rings. The molecule has 0 radical (unpaired) electrons. The minimum atomic E-state index is -0.453. The van der Waals surface area contributed by atoms with Crippen molar-refractivity contribution >= 4 is 5.91 Å². The van der Waals surface area contributed by atoms with E-state index in [1.165, 1.54) is 0 Å². The fraction of sp³-hybridized carbons (Fsp3) is 0.562. The van der Waals surface area contributed by atoms with Crippen molar-refractivity contribution in [2.45, 2.75) is 50.5 Å². The molecule has 0 unspecified atom stereocenters. The summed E-state index contributed by atoms with van der Waals surface area (Å²) in [5.74, 6) is 2.33. The summed E-state index contributed by atoms with van der Waals surface area (Å²) in [7, 11) is 0. The highest BCUT2D eigenvalue weighted by molar-refractivity contribution is 5.83. The first-order valence-corrected chi connectivity index (χ1v) is 7.84. The number of carbonyl (C=O) groups excluding carboxylic acids is 1. The number of hydrogen-bond donors (Lipinski definition) is 1. The highest BCUT2D eigenvalue weighted by Crippen LogP contribution is 2.49. The van der Waals surface area contributed by atoms with Gasteiger partial charge in [0.1, 0.15) is 11.3 Å². The van der Waals surface area contributed by atoms with E-state index in [4.69, 9.17) is 8.94 Å². The molecule has 0 spiro atoms. The molecule has 2 aromatic heterocycles. The molecule has 2 atom stereocenters. The Hall–Kier alpha value is -2.11. The normalized spacial score (nSPS) is 26.0. The topological polar surface area (TPSA) is 81.2 Å². The summed E-state index contributed by atoms with van der Waals surface area (Å²) in [6.45, 7) is 1.77. The van der Waals surface area contributed by atoms with E-state index in [1.54, 1.807) is 13.2 Å². The van der Waals surface area contributed by atoms with Crippen LogP contribution in [0.2, 0.25) is 0 Å². The molecule has 2 aliphatic carbocycles. The summed E-state index contributed by atoms with van der Waals surface area (Å²) in [5, 5.41) is 7.26. The molecule has 0 aromatic carbocycles. The van der Waals surface area contributed by atoms with Crippen molar-refractivity contribution in [1.82, 2.24) is 15.5 Å². The van der Waals surface area contributed by atoms with E-state index in [1.807, 2.05) is 12.1 Å². The second kappa shape index (κ2) is 4.97. The lowest BCUT2D eigenvalue weighted by Crippen LogP contribution is -2.45. The number of rotatable bonds is 4. The zero-order chi connectivity index (χ0) is 15.2. The first-order chi connectivity index (χ1) is 10.7. The number of carbonyl (C=O) groups is 1. The van der Waals surface area contributed by atoms with Gasteiger partial charge >= 0.3 is 0 Å². The molecule has 2 aliphatic rings. The Morgan fingerprint density at radius 2 is 2.23 bits per heavy atom. The van der Waals surface area contributed by atoms with Gasteiger partial charge in [-0.15, -0.1) is 0 Å². The number of furan rings is 1. The number of hydrogen-bond acceptors (Lipinski definition) is 5. The molecular formula is C16H19N3O3. The van der Waals surface area contributed by atoms with Crippen molar-refractivity contribution in [2.75, 3.05) is 0 Å². The second-order valence-electron chi connectivity index (χ2n) is 6.38. The van der Waals surface area contributed by atoms with Crippen molar-refractivity contribution in [1.29, 1.82) is 0 Å². The van der Waals surface area contributed by atoms with Gasteiger partial charge in [0.15, 0.2) is 5.82 Å². The third-order valence-electron chi connectivity index (χ3n) is 4.81. The lowest BCUT2D eigenvalue weighted by molar-refractivity contribution is -0.124.